The minimum Gasteiger partial charge on any atom is -0.481 e. The molecule has 0 aliphatic heterocycles. The molecule has 0 radical (unpaired) electrons. The number of aliphatic carboxylic acids is 1. The summed E-state index contributed by atoms with van der Waals surface area (Å²) in [6.07, 6.45) is 1.63. The third kappa shape index (κ3) is 2.15. The molecule has 1 N–H and O–H groups in total. The first-order chi connectivity index (χ1) is 8.02. The first kappa shape index (κ1) is 12.0. The number of aryl methyl sites for hydroxylation is 1. The van der Waals surface area contributed by atoms with E-state index in [1.54, 1.807) is 6.92 Å². The first-order valence-corrected chi connectivity index (χ1v) is 6.22. The van der Waals surface area contributed by atoms with Gasteiger partial charge in [-0.1, -0.05) is 0 Å². The molecule has 1 aromatic heterocycles. The van der Waals surface area contributed by atoms with Gasteiger partial charge in [-0.05, 0) is 30.9 Å². The molecule has 0 aliphatic carbocycles. The molecule has 0 saturated heterocycles. The van der Waals surface area contributed by atoms with Crippen molar-refractivity contribution in [2.45, 2.75) is 18.2 Å². The van der Waals surface area contributed by atoms with Crippen LogP contribution >= 0.6 is 11.8 Å². The third-order valence-electron chi connectivity index (χ3n) is 2.48. The van der Waals surface area contributed by atoms with E-state index in [-0.39, 0.29) is 12.2 Å². The smallest absolute Gasteiger partial charge is 0.311 e. The lowest BCUT2D eigenvalue weighted by molar-refractivity contribution is -0.136. The van der Waals surface area contributed by atoms with Crippen molar-refractivity contribution < 1.29 is 18.7 Å². The summed E-state index contributed by atoms with van der Waals surface area (Å²) in [6.45, 7) is 1.74. The lowest BCUT2D eigenvalue weighted by atomic mass is 10.1. The summed E-state index contributed by atoms with van der Waals surface area (Å²) in [5.74, 6) is -0.917. The number of carbonyl (C=O) groups is 1. The number of hydrogen-bond donors (Lipinski definition) is 1. The number of thioether (sulfide) groups is 1. The average Bonchev–Trinajstić information content (AvgIpc) is 2.54. The maximum atomic E-state index is 13.3. The molecule has 0 unspecified atom stereocenters. The Hall–Kier alpha value is -1.49. The lowest BCUT2D eigenvalue weighted by Gasteiger charge is -1.96. The number of halogens is 1. The number of carboxylic acid groups (broad SMARTS) is 1. The van der Waals surface area contributed by atoms with Crippen LogP contribution in [0, 0.1) is 12.7 Å². The summed E-state index contributed by atoms with van der Waals surface area (Å²) in [6, 6.07) is 2.75. The van der Waals surface area contributed by atoms with E-state index in [0.29, 0.717) is 27.2 Å². The fourth-order valence-electron chi connectivity index (χ4n) is 1.83. The van der Waals surface area contributed by atoms with E-state index < -0.39 is 5.97 Å². The normalized spacial score (nSPS) is 11.0. The summed E-state index contributed by atoms with van der Waals surface area (Å²) in [4.78, 5) is 11.4. The Morgan fingerprint density at radius 3 is 2.82 bits per heavy atom. The Morgan fingerprint density at radius 2 is 2.24 bits per heavy atom. The SMILES string of the molecule is CSc1c(CC(=O)O)oc2c(C)cc(F)cc12. The molecule has 0 aliphatic rings. The monoisotopic (exact) mass is 254 g/mol. The van der Waals surface area contributed by atoms with Crippen molar-refractivity contribution in [2.75, 3.05) is 6.26 Å². The van der Waals surface area contributed by atoms with Gasteiger partial charge in [0.25, 0.3) is 0 Å². The Bertz CT molecular complexity index is 589. The largest absolute Gasteiger partial charge is 0.481 e. The van der Waals surface area contributed by atoms with E-state index in [2.05, 4.69) is 0 Å². The average molecular weight is 254 g/mol. The number of hydrogen-bond acceptors (Lipinski definition) is 3. The molecule has 0 bridgehead atoms. The molecule has 1 aromatic carbocycles. The zero-order chi connectivity index (χ0) is 12.6. The number of furan rings is 1. The molecule has 5 heteroatoms. The molecule has 17 heavy (non-hydrogen) atoms. The first-order valence-electron chi connectivity index (χ1n) is 5.00. The highest BCUT2D eigenvalue weighted by Gasteiger charge is 2.18. The second kappa shape index (κ2) is 4.41. The lowest BCUT2D eigenvalue weighted by Crippen LogP contribution is -1.99. The second-order valence-corrected chi connectivity index (χ2v) is 4.54. The van der Waals surface area contributed by atoms with Crippen LogP contribution in [0.2, 0.25) is 0 Å². The molecule has 2 aromatic rings. The van der Waals surface area contributed by atoms with Crippen LogP contribution in [-0.4, -0.2) is 17.3 Å². The zero-order valence-electron chi connectivity index (χ0n) is 9.41. The maximum absolute atomic E-state index is 13.3. The topological polar surface area (TPSA) is 50.4 Å². The Kier molecular flexibility index (Phi) is 3.11. The number of rotatable bonds is 3. The minimum absolute atomic E-state index is 0.189. The molecular weight excluding hydrogens is 243 g/mol. The van der Waals surface area contributed by atoms with Crippen LogP contribution in [0.15, 0.2) is 21.4 Å². The Labute approximate surface area is 102 Å². The summed E-state index contributed by atoms with van der Waals surface area (Å²) in [7, 11) is 0. The Morgan fingerprint density at radius 1 is 1.53 bits per heavy atom. The molecule has 0 saturated carbocycles. The van der Waals surface area contributed by atoms with Gasteiger partial charge in [-0.25, -0.2) is 4.39 Å². The Balaban J connectivity index is 2.70. The van der Waals surface area contributed by atoms with Crippen molar-refractivity contribution >= 4 is 28.7 Å². The third-order valence-corrected chi connectivity index (χ3v) is 3.33. The molecule has 0 spiro atoms. The summed E-state index contributed by atoms with van der Waals surface area (Å²) in [5, 5.41) is 9.44. The van der Waals surface area contributed by atoms with Crippen LogP contribution in [0.1, 0.15) is 11.3 Å². The van der Waals surface area contributed by atoms with Crippen molar-refractivity contribution in [3.8, 4) is 0 Å². The highest BCUT2D eigenvalue weighted by Crippen LogP contribution is 2.35. The van der Waals surface area contributed by atoms with Gasteiger partial charge in [-0.15, -0.1) is 11.8 Å². The maximum Gasteiger partial charge on any atom is 0.311 e. The number of fused-ring (bicyclic) bond motifs is 1. The molecule has 0 amide bonds. The predicted octanol–water partition coefficient (Wildman–Crippen LogP) is 3.23. The van der Waals surface area contributed by atoms with Gasteiger partial charge in [0.1, 0.15) is 23.6 Å². The zero-order valence-corrected chi connectivity index (χ0v) is 10.2. The van der Waals surface area contributed by atoms with Crippen LogP contribution in [0.5, 0.6) is 0 Å². The second-order valence-electron chi connectivity index (χ2n) is 3.73. The molecule has 0 atom stereocenters. The van der Waals surface area contributed by atoms with E-state index in [1.165, 1.54) is 23.9 Å². The fourth-order valence-corrected chi connectivity index (χ4v) is 2.54. The van der Waals surface area contributed by atoms with Gasteiger partial charge in [-0.3, -0.25) is 4.79 Å². The van der Waals surface area contributed by atoms with E-state index in [1.807, 2.05) is 6.26 Å². The van der Waals surface area contributed by atoms with E-state index in [4.69, 9.17) is 9.52 Å². The van der Waals surface area contributed by atoms with Crippen LogP contribution in [0.3, 0.4) is 0 Å². The van der Waals surface area contributed by atoms with Crippen LogP contribution < -0.4 is 0 Å². The van der Waals surface area contributed by atoms with Gasteiger partial charge in [0.15, 0.2) is 0 Å². The number of benzene rings is 1. The van der Waals surface area contributed by atoms with Crippen molar-refractivity contribution in [1.29, 1.82) is 0 Å². The van der Waals surface area contributed by atoms with Gasteiger partial charge < -0.3 is 9.52 Å². The summed E-state index contributed by atoms with van der Waals surface area (Å²) >= 11 is 1.37. The molecule has 1 heterocycles. The van der Waals surface area contributed by atoms with Crippen molar-refractivity contribution in [2.24, 2.45) is 0 Å². The van der Waals surface area contributed by atoms with Gasteiger partial charge in [0.05, 0.1) is 4.90 Å². The van der Waals surface area contributed by atoms with Crippen LogP contribution in [-0.2, 0) is 11.2 Å². The number of carboxylic acids is 1. The van der Waals surface area contributed by atoms with Gasteiger partial charge in [0.2, 0.25) is 0 Å². The standard InChI is InChI=1S/C12H11FO3S/c1-6-3-7(13)4-8-11(6)16-9(5-10(14)15)12(8)17-2/h3-4H,5H2,1-2H3,(H,14,15). The van der Waals surface area contributed by atoms with Crippen LogP contribution in [0.25, 0.3) is 11.0 Å². The van der Waals surface area contributed by atoms with Crippen molar-refractivity contribution in [1.82, 2.24) is 0 Å². The van der Waals surface area contributed by atoms with E-state index >= 15 is 0 Å². The highest BCUT2D eigenvalue weighted by atomic mass is 32.2. The quantitative estimate of drug-likeness (QED) is 0.854. The van der Waals surface area contributed by atoms with E-state index in [0.717, 1.165) is 0 Å². The van der Waals surface area contributed by atoms with Crippen molar-refractivity contribution in [3.63, 3.8) is 0 Å². The molecule has 3 nitrogen and oxygen atoms in total. The van der Waals surface area contributed by atoms with Crippen LogP contribution in [0.4, 0.5) is 4.39 Å². The van der Waals surface area contributed by atoms with E-state index in [9.17, 15) is 9.18 Å². The van der Waals surface area contributed by atoms with Gasteiger partial charge in [-0.2, -0.15) is 0 Å². The summed E-state index contributed by atoms with van der Waals surface area (Å²) < 4.78 is 18.8. The highest BCUT2D eigenvalue weighted by molar-refractivity contribution is 7.98. The minimum atomic E-state index is -0.961. The molecular formula is C12H11FO3S. The molecule has 90 valence electrons. The predicted molar refractivity (Wildman–Crippen MR) is 64.0 cm³/mol. The van der Waals surface area contributed by atoms with Gasteiger partial charge in [0, 0.05) is 5.39 Å². The molecule has 0 fully saturated rings. The fraction of sp³-hybridized carbons (Fsp3) is 0.250. The summed E-state index contributed by atoms with van der Waals surface area (Å²) in [5.41, 5.74) is 1.24. The van der Waals surface area contributed by atoms with Crippen molar-refractivity contribution in [3.05, 3.63) is 29.3 Å². The van der Waals surface area contributed by atoms with Gasteiger partial charge >= 0.3 is 5.97 Å². The molecule has 2 rings (SSSR count).